The molecule has 0 radical (unpaired) electrons. The van der Waals surface area contributed by atoms with Gasteiger partial charge < -0.3 is 4.52 Å². The van der Waals surface area contributed by atoms with E-state index in [4.69, 9.17) is 4.52 Å². The number of thioether (sulfide) groups is 1. The van der Waals surface area contributed by atoms with Crippen molar-refractivity contribution < 1.29 is 4.52 Å². The summed E-state index contributed by atoms with van der Waals surface area (Å²) < 4.78 is 5.14. The molecule has 0 spiro atoms. The van der Waals surface area contributed by atoms with E-state index in [-0.39, 0.29) is 0 Å². The molecule has 1 aliphatic carbocycles. The van der Waals surface area contributed by atoms with Gasteiger partial charge in [0.05, 0.1) is 6.54 Å². The van der Waals surface area contributed by atoms with Crippen LogP contribution in [-0.4, -0.2) is 39.6 Å². The lowest BCUT2D eigenvalue weighted by atomic mass is 10.2. The molecule has 1 heterocycles. The Balaban J connectivity index is 1.93. The van der Waals surface area contributed by atoms with E-state index in [1.54, 1.807) is 0 Å². The minimum Gasteiger partial charge on any atom is -0.339 e. The van der Waals surface area contributed by atoms with E-state index in [1.807, 2.05) is 18.7 Å². The first-order valence-electron chi connectivity index (χ1n) is 6.29. The molecule has 4 nitrogen and oxygen atoms in total. The first kappa shape index (κ1) is 12.9. The maximum atomic E-state index is 5.14. The average molecular weight is 255 g/mol. The van der Waals surface area contributed by atoms with Gasteiger partial charge >= 0.3 is 0 Å². The molecular weight excluding hydrogens is 234 g/mol. The molecule has 2 atom stereocenters. The first-order valence-corrected chi connectivity index (χ1v) is 7.58. The number of aryl methyl sites for hydroxylation is 1. The van der Waals surface area contributed by atoms with Gasteiger partial charge in [0.15, 0.2) is 5.82 Å². The van der Waals surface area contributed by atoms with E-state index in [2.05, 4.69) is 28.3 Å². The number of hydrogen-bond donors (Lipinski definition) is 0. The van der Waals surface area contributed by atoms with Gasteiger partial charge in [-0.05, 0) is 26.1 Å². The summed E-state index contributed by atoms with van der Waals surface area (Å²) >= 11 is 1.98. The fraction of sp³-hybridized carbons (Fsp3) is 0.833. The Bertz CT molecular complexity index is 355. The summed E-state index contributed by atoms with van der Waals surface area (Å²) in [7, 11) is 2.17. The molecule has 2 rings (SSSR count). The van der Waals surface area contributed by atoms with Gasteiger partial charge in [-0.3, -0.25) is 4.90 Å². The number of hydrogen-bond acceptors (Lipinski definition) is 5. The predicted octanol–water partition coefficient (Wildman–Crippen LogP) is 2.35. The van der Waals surface area contributed by atoms with Gasteiger partial charge in [0.2, 0.25) is 5.89 Å². The molecule has 0 amide bonds. The van der Waals surface area contributed by atoms with Crippen molar-refractivity contribution in [1.82, 2.24) is 15.0 Å². The maximum Gasteiger partial charge on any atom is 0.226 e. The number of rotatable bonds is 5. The van der Waals surface area contributed by atoms with Crippen molar-refractivity contribution in [3.8, 4) is 0 Å². The van der Waals surface area contributed by atoms with Crippen LogP contribution in [0.1, 0.15) is 37.9 Å². The Morgan fingerprint density at radius 3 is 2.94 bits per heavy atom. The Hall–Kier alpha value is -0.550. The van der Waals surface area contributed by atoms with E-state index in [0.717, 1.165) is 29.9 Å². The van der Waals surface area contributed by atoms with Crippen LogP contribution in [0.3, 0.4) is 0 Å². The molecule has 0 N–H and O–H groups in total. The van der Waals surface area contributed by atoms with Crippen molar-refractivity contribution in [2.75, 3.05) is 13.3 Å². The third-order valence-electron chi connectivity index (χ3n) is 3.49. The summed E-state index contributed by atoms with van der Waals surface area (Å²) in [5.41, 5.74) is 0. The van der Waals surface area contributed by atoms with Gasteiger partial charge in [0.25, 0.3) is 0 Å². The highest BCUT2D eigenvalue weighted by Crippen LogP contribution is 2.31. The van der Waals surface area contributed by atoms with E-state index >= 15 is 0 Å². The molecule has 0 aromatic carbocycles. The molecular formula is C12H21N3OS. The molecule has 1 aromatic rings. The zero-order chi connectivity index (χ0) is 12.3. The standard InChI is InChI=1S/C12H21N3OS/c1-4-12-13-11(14-16-12)8-15(2)9-6-5-7-10(9)17-3/h9-10H,4-8H2,1-3H3/t9-,10-/m0/s1. The average Bonchev–Trinajstić information content (AvgIpc) is 2.96. The highest BCUT2D eigenvalue weighted by atomic mass is 32.2. The molecule has 1 fully saturated rings. The minimum absolute atomic E-state index is 0.661. The lowest BCUT2D eigenvalue weighted by molar-refractivity contribution is 0.232. The SMILES string of the molecule is CCc1nc(CN(C)[C@H]2CCC[C@@H]2SC)no1. The van der Waals surface area contributed by atoms with Crippen molar-refractivity contribution in [1.29, 1.82) is 0 Å². The molecule has 0 bridgehead atoms. The Morgan fingerprint density at radius 1 is 1.47 bits per heavy atom. The third-order valence-corrected chi connectivity index (χ3v) is 4.65. The molecule has 0 unspecified atom stereocenters. The van der Waals surface area contributed by atoms with Crippen LogP contribution in [-0.2, 0) is 13.0 Å². The molecule has 1 aliphatic rings. The number of nitrogens with zero attached hydrogens (tertiary/aromatic N) is 3. The fourth-order valence-corrected chi connectivity index (χ4v) is 3.58. The second-order valence-corrected chi connectivity index (χ2v) is 5.72. The summed E-state index contributed by atoms with van der Waals surface area (Å²) in [5.74, 6) is 1.55. The summed E-state index contributed by atoms with van der Waals surface area (Å²) in [6, 6.07) is 0.661. The first-order chi connectivity index (χ1) is 8.24. The van der Waals surface area contributed by atoms with Gasteiger partial charge in [0.1, 0.15) is 0 Å². The highest BCUT2D eigenvalue weighted by molar-refractivity contribution is 7.99. The van der Waals surface area contributed by atoms with Crippen molar-refractivity contribution in [2.24, 2.45) is 0 Å². The molecule has 96 valence electrons. The molecule has 1 aromatic heterocycles. The second-order valence-electron chi connectivity index (χ2n) is 4.65. The fourth-order valence-electron chi connectivity index (χ4n) is 2.52. The van der Waals surface area contributed by atoms with Gasteiger partial charge in [0, 0.05) is 17.7 Å². The van der Waals surface area contributed by atoms with E-state index in [9.17, 15) is 0 Å². The summed E-state index contributed by atoms with van der Waals surface area (Å²) in [6.45, 7) is 2.83. The third kappa shape index (κ3) is 3.01. The molecule has 5 heteroatoms. The quantitative estimate of drug-likeness (QED) is 0.808. The summed E-state index contributed by atoms with van der Waals surface area (Å²) in [5, 5.41) is 4.78. The van der Waals surface area contributed by atoms with Crippen LogP contribution in [0.2, 0.25) is 0 Å². The van der Waals surface area contributed by atoms with Crippen LogP contribution < -0.4 is 0 Å². The van der Waals surface area contributed by atoms with Crippen LogP contribution >= 0.6 is 11.8 Å². The Kier molecular flexibility index (Phi) is 4.45. The molecule has 0 saturated heterocycles. The van der Waals surface area contributed by atoms with E-state index in [0.29, 0.717) is 6.04 Å². The van der Waals surface area contributed by atoms with Crippen LogP contribution in [0.4, 0.5) is 0 Å². The normalized spacial score (nSPS) is 24.7. The van der Waals surface area contributed by atoms with Crippen LogP contribution in [0.5, 0.6) is 0 Å². The highest BCUT2D eigenvalue weighted by Gasteiger charge is 2.30. The predicted molar refractivity (Wildman–Crippen MR) is 70.1 cm³/mol. The summed E-state index contributed by atoms with van der Waals surface area (Å²) in [4.78, 5) is 6.74. The zero-order valence-corrected chi connectivity index (χ0v) is 11.7. The van der Waals surface area contributed by atoms with Crippen molar-refractivity contribution in [3.63, 3.8) is 0 Å². The Morgan fingerprint density at radius 2 is 2.29 bits per heavy atom. The number of aromatic nitrogens is 2. The minimum atomic E-state index is 0.661. The van der Waals surface area contributed by atoms with Gasteiger partial charge in [-0.25, -0.2) is 0 Å². The lowest BCUT2D eigenvalue weighted by Gasteiger charge is -2.27. The largest absolute Gasteiger partial charge is 0.339 e. The monoisotopic (exact) mass is 255 g/mol. The Labute approximate surface area is 107 Å². The van der Waals surface area contributed by atoms with Gasteiger partial charge in [-0.15, -0.1) is 0 Å². The van der Waals surface area contributed by atoms with Crippen LogP contribution in [0.15, 0.2) is 4.52 Å². The van der Waals surface area contributed by atoms with E-state index in [1.165, 1.54) is 19.3 Å². The van der Waals surface area contributed by atoms with Gasteiger partial charge in [-0.1, -0.05) is 18.5 Å². The lowest BCUT2D eigenvalue weighted by Crippen LogP contribution is -2.35. The summed E-state index contributed by atoms with van der Waals surface area (Å²) in [6.07, 6.45) is 6.99. The second kappa shape index (κ2) is 5.87. The molecule has 17 heavy (non-hydrogen) atoms. The van der Waals surface area contributed by atoms with Crippen molar-refractivity contribution in [3.05, 3.63) is 11.7 Å². The maximum absolute atomic E-state index is 5.14. The van der Waals surface area contributed by atoms with Crippen molar-refractivity contribution in [2.45, 2.75) is 50.4 Å². The topological polar surface area (TPSA) is 42.2 Å². The molecule has 1 saturated carbocycles. The van der Waals surface area contributed by atoms with Gasteiger partial charge in [-0.2, -0.15) is 16.7 Å². The van der Waals surface area contributed by atoms with Crippen LogP contribution in [0.25, 0.3) is 0 Å². The zero-order valence-electron chi connectivity index (χ0n) is 10.8. The van der Waals surface area contributed by atoms with E-state index < -0.39 is 0 Å². The van der Waals surface area contributed by atoms with Crippen LogP contribution in [0, 0.1) is 0 Å². The molecule has 0 aliphatic heterocycles. The van der Waals surface area contributed by atoms with Crippen molar-refractivity contribution >= 4 is 11.8 Å². The smallest absolute Gasteiger partial charge is 0.226 e.